The van der Waals surface area contributed by atoms with E-state index in [2.05, 4.69) is 10.3 Å². The topological polar surface area (TPSA) is 91.5 Å². The largest absolute Gasteiger partial charge is 0.455 e. The third-order valence-corrected chi connectivity index (χ3v) is 3.31. The number of para-hydroxylation sites is 1. The summed E-state index contributed by atoms with van der Waals surface area (Å²) in [5.41, 5.74) is 1.75. The van der Waals surface area contributed by atoms with Crippen molar-refractivity contribution in [1.82, 2.24) is 15.2 Å². The molecule has 1 aromatic carbocycles. The molecule has 1 heterocycles. The van der Waals surface area contributed by atoms with Gasteiger partial charge in [-0.3, -0.25) is 14.4 Å². The van der Waals surface area contributed by atoms with Crippen LogP contribution in [-0.4, -0.2) is 54.9 Å². The summed E-state index contributed by atoms with van der Waals surface area (Å²) < 4.78 is 4.93. The number of hydrogen-bond acceptors (Lipinski definition) is 4. The van der Waals surface area contributed by atoms with Gasteiger partial charge in [0.25, 0.3) is 5.91 Å². The highest BCUT2D eigenvalue weighted by Crippen LogP contribution is 2.18. The molecule has 1 aromatic heterocycles. The van der Waals surface area contributed by atoms with Crippen molar-refractivity contribution in [3.63, 3.8) is 0 Å². The Labute approximate surface area is 133 Å². The second-order valence-electron chi connectivity index (χ2n) is 5.26. The molecule has 0 radical (unpaired) electrons. The van der Waals surface area contributed by atoms with Gasteiger partial charge in [0.05, 0.1) is 13.0 Å². The lowest BCUT2D eigenvalue weighted by molar-refractivity contribution is -0.148. The zero-order chi connectivity index (χ0) is 16.8. The lowest BCUT2D eigenvalue weighted by Gasteiger charge is -2.11. The van der Waals surface area contributed by atoms with Gasteiger partial charge in [0.2, 0.25) is 5.91 Å². The van der Waals surface area contributed by atoms with Crippen LogP contribution < -0.4 is 5.32 Å². The zero-order valence-electron chi connectivity index (χ0n) is 13.1. The van der Waals surface area contributed by atoms with E-state index in [4.69, 9.17) is 4.74 Å². The quantitative estimate of drug-likeness (QED) is 0.757. The molecule has 122 valence electrons. The number of hydrogen-bond donors (Lipinski definition) is 2. The number of esters is 1. The maximum Gasteiger partial charge on any atom is 0.310 e. The Balaban J connectivity index is 1.79. The Morgan fingerprint density at radius 2 is 1.96 bits per heavy atom. The van der Waals surface area contributed by atoms with Crippen LogP contribution in [0.1, 0.15) is 5.56 Å². The number of rotatable bonds is 6. The minimum atomic E-state index is -0.507. The normalized spacial score (nSPS) is 10.3. The van der Waals surface area contributed by atoms with Gasteiger partial charge in [-0.15, -0.1) is 0 Å². The molecule has 0 atom stereocenters. The smallest absolute Gasteiger partial charge is 0.310 e. The molecule has 0 aliphatic carbocycles. The number of carbonyl (C=O) groups is 3. The number of nitrogens with zero attached hydrogens (tertiary/aromatic N) is 1. The average molecular weight is 317 g/mol. The van der Waals surface area contributed by atoms with E-state index < -0.39 is 18.5 Å². The van der Waals surface area contributed by atoms with Gasteiger partial charge >= 0.3 is 5.97 Å². The Morgan fingerprint density at radius 1 is 1.22 bits per heavy atom. The monoisotopic (exact) mass is 317 g/mol. The van der Waals surface area contributed by atoms with Gasteiger partial charge in [-0.2, -0.15) is 0 Å². The number of amides is 2. The van der Waals surface area contributed by atoms with Crippen LogP contribution in [0.3, 0.4) is 0 Å². The van der Waals surface area contributed by atoms with Crippen molar-refractivity contribution >= 4 is 28.7 Å². The SMILES string of the molecule is CN(C)C(=O)CNC(=O)COC(=O)Cc1c[nH]c2ccccc12. The predicted molar refractivity (Wildman–Crippen MR) is 84.7 cm³/mol. The number of benzene rings is 1. The van der Waals surface area contributed by atoms with Crippen molar-refractivity contribution in [2.24, 2.45) is 0 Å². The van der Waals surface area contributed by atoms with E-state index in [1.165, 1.54) is 4.90 Å². The van der Waals surface area contributed by atoms with Crippen LogP contribution in [0.25, 0.3) is 10.9 Å². The first-order chi connectivity index (χ1) is 11.0. The number of H-pyrrole nitrogens is 1. The number of aromatic amines is 1. The molecule has 2 aromatic rings. The van der Waals surface area contributed by atoms with Gasteiger partial charge in [-0.1, -0.05) is 18.2 Å². The summed E-state index contributed by atoms with van der Waals surface area (Å²) in [4.78, 5) is 39.1. The fraction of sp³-hybridized carbons (Fsp3) is 0.312. The lowest BCUT2D eigenvalue weighted by Crippen LogP contribution is -2.38. The molecule has 0 fully saturated rings. The maximum absolute atomic E-state index is 11.8. The van der Waals surface area contributed by atoms with Crippen LogP contribution in [0.2, 0.25) is 0 Å². The summed E-state index contributed by atoms with van der Waals surface area (Å²) in [6.45, 7) is -0.520. The van der Waals surface area contributed by atoms with Crippen molar-refractivity contribution < 1.29 is 19.1 Å². The van der Waals surface area contributed by atoms with Gasteiger partial charge in [0, 0.05) is 31.2 Å². The summed E-state index contributed by atoms with van der Waals surface area (Å²) in [6.07, 6.45) is 1.83. The minimum absolute atomic E-state index is 0.0773. The second kappa shape index (κ2) is 7.44. The van der Waals surface area contributed by atoms with Gasteiger partial charge in [0.1, 0.15) is 0 Å². The standard InChI is InChI=1S/C16H19N3O4/c1-19(2)15(21)9-18-14(20)10-23-16(22)7-11-8-17-13-6-4-3-5-12(11)13/h3-6,8,17H,7,9-10H2,1-2H3,(H,18,20). The first-order valence-corrected chi connectivity index (χ1v) is 7.15. The van der Waals surface area contributed by atoms with E-state index >= 15 is 0 Å². The van der Waals surface area contributed by atoms with Crippen molar-refractivity contribution in [2.45, 2.75) is 6.42 Å². The number of fused-ring (bicyclic) bond motifs is 1. The summed E-state index contributed by atoms with van der Waals surface area (Å²) in [7, 11) is 3.19. The van der Waals surface area contributed by atoms with Crippen molar-refractivity contribution in [2.75, 3.05) is 27.2 Å². The van der Waals surface area contributed by atoms with E-state index in [9.17, 15) is 14.4 Å². The van der Waals surface area contributed by atoms with E-state index in [1.54, 1.807) is 20.3 Å². The number of aromatic nitrogens is 1. The molecule has 0 aliphatic rings. The van der Waals surface area contributed by atoms with E-state index in [1.807, 2.05) is 24.3 Å². The van der Waals surface area contributed by atoms with Gasteiger partial charge in [0.15, 0.2) is 6.61 Å². The predicted octanol–water partition coefficient (Wildman–Crippen LogP) is 0.458. The molecule has 2 amide bonds. The second-order valence-corrected chi connectivity index (χ2v) is 5.26. The molecule has 0 saturated carbocycles. The van der Waals surface area contributed by atoms with Crippen LogP contribution in [0.4, 0.5) is 0 Å². The first kappa shape index (κ1) is 16.5. The molecule has 0 spiro atoms. The summed E-state index contributed by atoms with van der Waals surface area (Å²) >= 11 is 0. The minimum Gasteiger partial charge on any atom is -0.455 e. The highest BCUT2D eigenvalue weighted by molar-refractivity contribution is 5.89. The van der Waals surface area contributed by atoms with Gasteiger partial charge in [-0.25, -0.2) is 0 Å². The highest BCUT2D eigenvalue weighted by Gasteiger charge is 2.12. The number of ether oxygens (including phenoxy) is 1. The molecule has 0 unspecified atom stereocenters. The van der Waals surface area contributed by atoms with Crippen LogP contribution in [-0.2, 0) is 25.5 Å². The van der Waals surface area contributed by atoms with Crippen LogP contribution in [0, 0.1) is 0 Å². The van der Waals surface area contributed by atoms with E-state index in [0.717, 1.165) is 16.5 Å². The van der Waals surface area contributed by atoms with Gasteiger partial charge < -0.3 is 19.9 Å². The molecular weight excluding hydrogens is 298 g/mol. The van der Waals surface area contributed by atoms with Gasteiger partial charge in [-0.05, 0) is 11.6 Å². The maximum atomic E-state index is 11.8. The van der Waals surface area contributed by atoms with Crippen LogP contribution in [0.5, 0.6) is 0 Å². The molecule has 0 bridgehead atoms. The molecule has 0 saturated heterocycles. The molecule has 7 heteroatoms. The summed E-state index contributed by atoms with van der Waals surface area (Å²) in [6, 6.07) is 7.62. The molecule has 23 heavy (non-hydrogen) atoms. The van der Waals surface area contributed by atoms with E-state index in [0.29, 0.717) is 0 Å². The highest BCUT2D eigenvalue weighted by atomic mass is 16.5. The Bertz CT molecular complexity index is 721. The van der Waals surface area contributed by atoms with Crippen LogP contribution >= 0.6 is 0 Å². The number of likely N-dealkylation sites (N-methyl/N-ethyl adjacent to an activating group) is 1. The first-order valence-electron chi connectivity index (χ1n) is 7.15. The molecule has 7 nitrogen and oxygen atoms in total. The fourth-order valence-electron chi connectivity index (χ4n) is 2.01. The third kappa shape index (κ3) is 4.57. The zero-order valence-corrected chi connectivity index (χ0v) is 13.1. The average Bonchev–Trinajstić information content (AvgIpc) is 2.93. The van der Waals surface area contributed by atoms with Crippen LogP contribution in [0.15, 0.2) is 30.5 Å². The molecule has 0 aliphatic heterocycles. The lowest BCUT2D eigenvalue weighted by atomic mass is 10.1. The fourth-order valence-corrected chi connectivity index (χ4v) is 2.01. The number of carbonyl (C=O) groups excluding carboxylic acids is 3. The molecule has 2 N–H and O–H groups in total. The van der Waals surface area contributed by atoms with Crippen molar-refractivity contribution in [3.05, 3.63) is 36.0 Å². The molecule has 2 rings (SSSR count). The Morgan fingerprint density at radius 3 is 2.70 bits per heavy atom. The van der Waals surface area contributed by atoms with Crippen molar-refractivity contribution in [1.29, 1.82) is 0 Å². The van der Waals surface area contributed by atoms with Crippen molar-refractivity contribution in [3.8, 4) is 0 Å². The third-order valence-electron chi connectivity index (χ3n) is 3.31. The molecular formula is C16H19N3O4. The van der Waals surface area contributed by atoms with E-state index in [-0.39, 0.29) is 18.9 Å². The Hall–Kier alpha value is -2.83. The summed E-state index contributed by atoms with van der Waals surface area (Å²) in [5, 5.41) is 3.34. The Kier molecular flexibility index (Phi) is 5.35. The number of nitrogens with one attached hydrogen (secondary N) is 2. The summed E-state index contributed by atoms with van der Waals surface area (Å²) in [5.74, 6) is -1.24.